The summed E-state index contributed by atoms with van der Waals surface area (Å²) in [4.78, 5) is 12.3. The van der Waals surface area contributed by atoms with Gasteiger partial charge in [0.25, 0.3) is 0 Å². The lowest BCUT2D eigenvalue weighted by Gasteiger charge is -2.06. The molecule has 0 aliphatic rings. The third-order valence-corrected chi connectivity index (χ3v) is 4.28. The van der Waals surface area contributed by atoms with Crippen molar-refractivity contribution >= 4 is 40.9 Å². The van der Waals surface area contributed by atoms with Crippen LogP contribution in [-0.2, 0) is 0 Å². The summed E-state index contributed by atoms with van der Waals surface area (Å²) >= 11 is 5.91. The predicted octanol–water partition coefficient (Wildman–Crippen LogP) is 4.09. The molecular formula is C20H21ClN8. The number of aryl methyl sites for hydroxylation is 1. The molecule has 0 radical (unpaired) electrons. The Morgan fingerprint density at radius 2 is 1.24 bits per heavy atom. The molecule has 0 unspecified atom stereocenters. The predicted molar refractivity (Wildman–Crippen MR) is 119 cm³/mol. The van der Waals surface area contributed by atoms with Crippen molar-refractivity contribution in [3.63, 3.8) is 0 Å². The number of nitrogens with two attached hydrogens (primary N) is 1. The fourth-order valence-corrected chi connectivity index (χ4v) is 2.50. The van der Waals surface area contributed by atoms with E-state index >= 15 is 0 Å². The monoisotopic (exact) mass is 408 g/mol. The van der Waals surface area contributed by atoms with Gasteiger partial charge in [-0.05, 0) is 44.0 Å². The molecule has 1 heterocycles. The lowest BCUT2D eigenvalue weighted by molar-refractivity contribution is 1.03. The molecule has 3 aromatic rings. The van der Waals surface area contributed by atoms with Crippen molar-refractivity contribution in [3.8, 4) is 0 Å². The second kappa shape index (κ2) is 9.11. The summed E-state index contributed by atoms with van der Waals surface area (Å²) in [6, 6.07) is 15.4. The zero-order chi connectivity index (χ0) is 20.8. The Morgan fingerprint density at radius 3 is 1.72 bits per heavy atom. The Bertz CT molecular complexity index is 961. The molecule has 0 fully saturated rings. The van der Waals surface area contributed by atoms with E-state index in [0.717, 1.165) is 22.6 Å². The molecule has 0 spiro atoms. The fourth-order valence-electron chi connectivity index (χ4n) is 2.37. The minimum absolute atomic E-state index is 0.0486. The van der Waals surface area contributed by atoms with Crippen molar-refractivity contribution in [3.05, 3.63) is 70.2 Å². The number of hydrogen-bond acceptors (Lipinski definition) is 8. The highest BCUT2D eigenvalue weighted by atomic mass is 35.5. The van der Waals surface area contributed by atoms with Crippen LogP contribution in [0, 0.1) is 6.92 Å². The van der Waals surface area contributed by atoms with Gasteiger partial charge in [-0.2, -0.15) is 25.2 Å². The van der Waals surface area contributed by atoms with Gasteiger partial charge in [-0.3, -0.25) is 0 Å². The minimum Gasteiger partial charge on any atom is -0.368 e. The van der Waals surface area contributed by atoms with Gasteiger partial charge >= 0.3 is 0 Å². The zero-order valence-corrected chi connectivity index (χ0v) is 17.1. The van der Waals surface area contributed by atoms with Crippen molar-refractivity contribution in [1.29, 1.82) is 0 Å². The second-order valence-corrected chi connectivity index (χ2v) is 6.77. The number of benzene rings is 2. The van der Waals surface area contributed by atoms with Crippen molar-refractivity contribution < 1.29 is 0 Å². The van der Waals surface area contributed by atoms with Gasteiger partial charge in [-0.1, -0.05) is 53.6 Å². The van der Waals surface area contributed by atoms with E-state index in [1.165, 1.54) is 5.56 Å². The highest BCUT2D eigenvalue weighted by Gasteiger charge is 2.05. The zero-order valence-electron chi connectivity index (χ0n) is 16.3. The minimum atomic E-state index is 0.0486. The first-order chi connectivity index (χ1) is 13.9. The molecule has 2 aromatic carbocycles. The largest absolute Gasteiger partial charge is 0.368 e. The van der Waals surface area contributed by atoms with Crippen LogP contribution in [0.2, 0.25) is 5.02 Å². The van der Waals surface area contributed by atoms with Crippen LogP contribution >= 0.6 is 11.6 Å². The maximum atomic E-state index is 5.91. The van der Waals surface area contributed by atoms with E-state index in [1.54, 1.807) is 12.1 Å². The summed E-state index contributed by atoms with van der Waals surface area (Å²) in [5, 5.41) is 9.25. The van der Waals surface area contributed by atoms with Gasteiger partial charge in [0.2, 0.25) is 17.8 Å². The Labute approximate surface area is 174 Å². The van der Waals surface area contributed by atoms with Crippen LogP contribution in [0.3, 0.4) is 0 Å². The van der Waals surface area contributed by atoms with E-state index < -0.39 is 0 Å². The van der Waals surface area contributed by atoms with Crippen LogP contribution in [0.5, 0.6) is 0 Å². The van der Waals surface area contributed by atoms with Gasteiger partial charge in [0.15, 0.2) is 0 Å². The fraction of sp³-hybridized carbons (Fsp3) is 0.150. The second-order valence-electron chi connectivity index (χ2n) is 6.33. The molecule has 0 saturated heterocycles. The first-order valence-corrected chi connectivity index (χ1v) is 9.23. The molecule has 1 aromatic heterocycles. The van der Waals surface area contributed by atoms with Crippen LogP contribution in [0.15, 0.2) is 58.7 Å². The van der Waals surface area contributed by atoms with Gasteiger partial charge in [-0.25, -0.2) is 10.9 Å². The van der Waals surface area contributed by atoms with Crippen LogP contribution in [-0.4, -0.2) is 26.4 Å². The van der Waals surface area contributed by atoms with E-state index in [9.17, 15) is 0 Å². The number of aromatic nitrogens is 3. The van der Waals surface area contributed by atoms with Gasteiger partial charge in [-0.15, -0.1) is 0 Å². The smallest absolute Gasteiger partial charge is 0.250 e. The lowest BCUT2D eigenvalue weighted by atomic mass is 10.1. The number of halogens is 1. The Hall–Kier alpha value is -3.52. The van der Waals surface area contributed by atoms with E-state index in [-0.39, 0.29) is 17.8 Å². The Balaban J connectivity index is 1.72. The number of anilines is 3. The van der Waals surface area contributed by atoms with Crippen molar-refractivity contribution in [2.45, 2.75) is 20.8 Å². The maximum absolute atomic E-state index is 5.91. The SMILES string of the molecule is C/C(=N\Nc1nc(N)nc(N/N=C(\C)c2ccc(Cl)cc2)n1)c1ccc(C)cc1. The molecule has 0 amide bonds. The molecule has 4 N–H and O–H groups in total. The van der Waals surface area contributed by atoms with Crippen LogP contribution < -0.4 is 16.6 Å². The van der Waals surface area contributed by atoms with Gasteiger partial charge < -0.3 is 5.73 Å². The third-order valence-electron chi connectivity index (χ3n) is 4.03. The van der Waals surface area contributed by atoms with Crippen LogP contribution in [0.25, 0.3) is 0 Å². The highest BCUT2D eigenvalue weighted by Crippen LogP contribution is 2.12. The summed E-state index contributed by atoms with van der Waals surface area (Å²) < 4.78 is 0. The summed E-state index contributed by atoms with van der Waals surface area (Å²) in [7, 11) is 0. The van der Waals surface area contributed by atoms with Crippen molar-refractivity contribution in [2.24, 2.45) is 10.2 Å². The first kappa shape index (κ1) is 20.2. The van der Waals surface area contributed by atoms with Gasteiger partial charge in [0.05, 0.1) is 11.4 Å². The number of rotatable bonds is 6. The summed E-state index contributed by atoms with van der Waals surface area (Å²) in [6.07, 6.45) is 0. The molecule has 0 atom stereocenters. The number of hydrogen-bond donors (Lipinski definition) is 3. The maximum Gasteiger partial charge on any atom is 0.250 e. The number of nitrogens with zero attached hydrogens (tertiary/aromatic N) is 5. The number of hydrazone groups is 2. The molecular weight excluding hydrogens is 388 g/mol. The Morgan fingerprint density at radius 1 is 0.793 bits per heavy atom. The molecule has 9 heteroatoms. The van der Waals surface area contributed by atoms with Crippen molar-refractivity contribution in [2.75, 3.05) is 16.6 Å². The van der Waals surface area contributed by atoms with Crippen LogP contribution in [0.1, 0.15) is 30.5 Å². The molecule has 3 rings (SSSR count). The van der Waals surface area contributed by atoms with Gasteiger partial charge in [0.1, 0.15) is 0 Å². The van der Waals surface area contributed by atoms with E-state index in [4.69, 9.17) is 17.3 Å². The Kier molecular flexibility index (Phi) is 6.36. The van der Waals surface area contributed by atoms with E-state index in [2.05, 4.69) is 36.0 Å². The first-order valence-electron chi connectivity index (χ1n) is 8.86. The lowest BCUT2D eigenvalue weighted by Crippen LogP contribution is -2.09. The average Bonchev–Trinajstić information content (AvgIpc) is 2.71. The van der Waals surface area contributed by atoms with Gasteiger partial charge in [0, 0.05) is 5.02 Å². The highest BCUT2D eigenvalue weighted by molar-refractivity contribution is 6.30. The van der Waals surface area contributed by atoms with E-state index in [1.807, 2.05) is 57.2 Å². The normalized spacial score (nSPS) is 12.0. The van der Waals surface area contributed by atoms with Crippen LogP contribution in [0.4, 0.5) is 17.8 Å². The molecule has 0 saturated carbocycles. The molecule has 29 heavy (non-hydrogen) atoms. The molecule has 0 bridgehead atoms. The summed E-state index contributed by atoms with van der Waals surface area (Å²) in [5.41, 5.74) is 16.0. The number of nitrogens with one attached hydrogen (secondary N) is 2. The van der Waals surface area contributed by atoms with Crippen molar-refractivity contribution in [1.82, 2.24) is 15.0 Å². The van der Waals surface area contributed by atoms with E-state index in [0.29, 0.717) is 5.02 Å². The molecule has 8 nitrogen and oxygen atoms in total. The average molecular weight is 409 g/mol. The summed E-state index contributed by atoms with van der Waals surface area (Å²) in [5.74, 6) is 0.467. The number of nitrogen functional groups attached to an aromatic ring is 1. The quantitative estimate of drug-likeness (QED) is 0.418. The molecule has 0 aliphatic heterocycles. The third kappa shape index (κ3) is 5.73. The molecule has 148 valence electrons. The standard InChI is InChI=1S/C20H21ClN8/c1-12-4-6-15(7-5-12)13(2)26-28-19-23-18(22)24-20(25-19)29-27-14(3)16-8-10-17(21)11-9-16/h4-11H,1-3H3,(H4,22,23,24,25,28,29)/b26-13+,27-14+. The topological polar surface area (TPSA) is 113 Å². The molecule has 0 aliphatic carbocycles. The summed E-state index contributed by atoms with van der Waals surface area (Å²) in [6.45, 7) is 5.78.